The Kier molecular flexibility index (Phi) is 4.07. The van der Waals surface area contributed by atoms with Gasteiger partial charge in [0.1, 0.15) is 5.75 Å². The molecule has 0 fully saturated rings. The summed E-state index contributed by atoms with van der Waals surface area (Å²) in [7, 11) is 0. The molecule has 1 heterocycles. The second-order valence-corrected chi connectivity index (χ2v) is 6.89. The third-order valence-electron chi connectivity index (χ3n) is 2.43. The van der Waals surface area contributed by atoms with Crippen LogP contribution in [0.25, 0.3) is 11.3 Å². The molecule has 2 nitrogen and oxygen atoms in total. The number of aromatic amines is 1. The number of hydrogen-bond donors (Lipinski definition) is 2. The van der Waals surface area contributed by atoms with Gasteiger partial charge in [0.15, 0.2) is 0 Å². The molecular formula is C11H7Br4NO. The molecule has 90 valence electrons. The number of H-pyrrole nitrogens is 1. The van der Waals surface area contributed by atoms with Crippen molar-refractivity contribution in [3.63, 3.8) is 0 Å². The summed E-state index contributed by atoms with van der Waals surface area (Å²) < 4.78 is 3.38. The van der Waals surface area contributed by atoms with Crippen molar-refractivity contribution in [2.24, 2.45) is 0 Å². The van der Waals surface area contributed by atoms with Crippen LogP contribution in [0.2, 0.25) is 0 Å². The van der Waals surface area contributed by atoms with Gasteiger partial charge in [-0.25, -0.2) is 0 Å². The SMILES string of the molecule is Cc1c(-c2cc(Br)cc(Br)c2O)[nH]c(Br)c1Br. The minimum Gasteiger partial charge on any atom is -0.506 e. The lowest BCUT2D eigenvalue weighted by Crippen LogP contribution is -1.84. The molecule has 0 radical (unpaired) electrons. The number of nitrogens with one attached hydrogen (secondary N) is 1. The maximum absolute atomic E-state index is 10.1. The molecule has 0 amide bonds. The van der Waals surface area contributed by atoms with Gasteiger partial charge in [0, 0.05) is 10.0 Å². The normalized spacial score (nSPS) is 10.9. The molecular weight excluding hydrogens is 482 g/mol. The Morgan fingerprint density at radius 2 is 1.76 bits per heavy atom. The highest BCUT2D eigenvalue weighted by Crippen LogP contribution is 2.42. The molecule has 1 aromatic heterocycles. The minimum atomic E-state index is 0.220. The summed E-state index contributed by atoms with van der Waals surface area (Å²) in [6, 6.07) is 3.68. The van der Waals surface area contributed by atoms with Crippen LogP contribution in [0.4, 0.5) is 0 Å². The Balaban J connectivity index is 2.72. The summed E-state index contributed by atoms with van der Waals surface area (Å²) in [5.74, 6) is 0.220. The number of phenols is 1. The van der Waals surface area contributed by atoms with Gasteiger partial charge >= 0.3 is 0 Å². The number of aromatic nitrogens is 1. The topological polar surface area (TPSA) is 36.0 Å². The lowest BCUT2D eigenvalue weighted by Gasteiger charge is -2.07. The molecule has 0 unspecified atom stereocenters. The summed E-state index contributed by atoms with van der Waals surface area (Å²) in [5, 5.41) is 10.1. The largest absolute Gasteiger partial charge is 0.506 e. The third-order valence-corrected chi connectivity index (χ3v) is 5.61. The highest BCUT2D eigenvalue weighted by molar-refractivity contribution is 9.13. The fourth-order valence-electron chi connectivity index (χ4n) is 1.56. The Morgan fingerprint density at radius 1 is 1.12 bits per heavy atom. The van der Waals surface area contributed by atoms with Gasteiger partial charge in [-0.05, 0) is 72.4 Å². The first-order chi connectivity index (χ1) is 7.91. The van der Waals surface area contributed by atoms with E-state index in [0.717, 1.165) is 30.4 Å². The summed E-state index contributed by atoms with van der Waals surface area (Å²) >= 11 is 13.6. The first-order valence-corrected chi connectivity index (χ1v) is 7.81. The smallest absolute Gasteiger partial charge is 0.139 e. The van der Waals surface area contributed by atoms with Crippen molar-refractivity contribution < 1.29 is 5.11 Å². The van der Waals surface area contributed by atoms with Crippen LogP contribution in [0, 0.1) is 6.92 Å². The Morgan fingerprint density at radius 3 is 2.29 bits per heavy atom. The van der Waals surface area contributed by atoms with Crippen LogP contribution < -0.4 is 0 Å². The van der Waals surface area contributed by atoms with Crippen LogP contribution in [-0.4, -0.2) is 10.1 Å². The third kappa shape index (κ3) is 2.50. The molecule has 6 heteroatoms. The van der Waals surface area contributed by atoms with Crippen molar-refractivity contribution in [3.8, 4) is 17.0 Å². The number of halogens is 4. The molecule has 0 aliphatic heterocycles. The Hall–Kier alpha value is 0.220. The first-order valence-electron chi connectivity index (χ1n) is 4.63. The maximum Gasteiger partial charge on any atom is 0.139 e. The van der Waals surface area contributed by atoms with Crippen molar-refractivity contribution >= 4 is 63.7 Å². The zero-order valence-electron chi connectivity index (χ0n) is 8.61. The van der Waals surface area contributed by atoms with Gasteiger partial charge in [-0.1, -0.05) is 15.9 Å². The number of rotatable bonds is 1. The van der Waals surface area contributed by atoms with Crippen molar-refractivity contribution in [1.82, 2.24) is 4.98 Å². The van der Waals surface area contributed by atoms with E-state index in [4.69, 9.17) is 0 Å². The van der Waals surface area contributed by atoms with E-state index in [0.29, 0.717) is 4.47 Å². The second kappa shape index (κ2) is 5.07. The van der Waals surface area contributed by atoms with E-state index in [9.17, 15) is 5.11 Å². The lowest BCUT2D eigenvalue weighted by atomic mass is 10.1. The van der Waals surface area contributed by atoms with Crippen LogP contribution in [0.15, 0.2) is 30.2 Å². The fraction of sp³-hybridized carbons (Fsp3) is 0.0909. The number of phenolic OH excluding ortho intramolecular Hbond substituents is 1. The molecule has 2 aromatic rings. The van der Waals surface area contributed by atoms with E-state index >= 15 is 0 Å². The molecule has 0 aliphatic carbocycles. The number of hydrogen-bond acceptors (Lipinski definition) is 1. The average molecular weight is 489 g/mol. The Bertz CT molecular complexity index is 592. The van der Waals surface area contributed by atoms with Gasteiger partial charge in [-0.2, -0.15) is 0 Å². The zero-order chi connectivity index (χ0) is 12.7. The first kappa shape index (κ1) is 13.6. The maximum atomic E-state index is 10.1. The molecule has 17 heavy (non-hydrogen) atoms. The summed E-state index contributed by atoms with van der Waals surface area (Å²) in [5.41, 5.74) is 2.66. The highest BCUT2D eigenvalue weighted by atomic mass is 79.9. The molecule has 0 aliphatic rings. The van der Waals surface area contributed by atoms with Crippen molar-refractivity contribution in [1.29, 1.82) is 0 Å². The van der Waals surface area contributed by atoms with Crippen molar-refractivity contribution in [2.45, 2.75) is 6.92 Å². The lowest BCUT2D eigenvalue weighted by molar-refractivity contribution is 0.473. The average Bonchev–Trinajstić information content (AvgIpc) is 2.51. The van der Waals surface area contributed by atoms with E-state index in [2.05, 4.69) is 68.7 Å². The molecule has 0 saturated carbocycles. The van der Waals surface area contributed by atoms with E-state index in [-0.39, 0.29) is 5.75 Å². The minimum absolute atomic E-state index is 0.220. The zero-order valence-corrected chi connectivity index (χ0v) is 15.0. The number of benzene rings is 1. The molecule has 0 saturated heterocycles. The van der Waals surface area contributed by atoms with Gasteiger partial charge in [-0.15, -0.1) is 0 Å². The summed E-state index contributed by atoms with van der Waals surface area (Å²) in [6.45, 7) is 1.98. The summed E-state index contributed by atoms with van der Waals surface area (Å²) in [6.07, 6.45) is 0. The fourth-order valence-corrected chi connectivity index (χ4v) is 3.58. The molecule has 0 bridgehead atoms. The van der Waals surface area contributed by atoms with Gasteiger partial charge in [0.25, 0.3) is 0 Å². The monoisotopic (exact) mass is 485 g/mol. The standard InChI is InChI=1S/C11H7Br4NO/c1-4-8(14)11(15)16-9(4)6-2-5(12)3-7(13)10(6)17/h2-3,16-17H,1H3. The van der Waals surface area contributed by atoms with Crippen LogP contribution in [0.3, 0.4) is 0 Å². The van der Waals surface area contributed by atoms with E-state index < -0.39 is 0 Å². The van der Waals surface area contributed by atoms with E-state index in [1.54, 1.807) is 6.07 Å². The molecule has 2 N–H and O–H groups in total. The van der Waals surface area contributed by atoms with E-state index in [1.807, 2.05) is 13.0 Å². The van der Waals surface area contributed by atoms with Crippen LogP contribution in [0.5, 0.6) is 5.75 Å². The van der Waals surface area contributed by atoms with Crippen LogP contribution in [0.1, 0.15) is 5.56 Å². The van der Waals surface area contributed by atoms with E-state index in [1.165, 1.54) is 0 Å². The van der Waals surface area contributed by atoms with Crippen molar-refractivity contribution in [3.05, 3.63) is 35.7 Å². The summed E-state index contributed by atoms with van der Waals surface area (Å²) in [4.78, 5) is 3.19. The van der Waals surface area contributed by atoms with Gasteiger partial charge in [0.2, 0.25) is 0 Å². The second-order valence-electron chi connectivity index (χ2n) is 3.54. The predicted molar refractivity (Wildman–Crippen MR) is 83.4 cm³/mol. The highest BCUT2D eigenvalue weighted by Gasteiger charge is 2.16. The van der Waals surface area contributed by atoms with Crippen LogP contribution >= 0.6 is 63.7 Å². The number of aromatic hydroxyl groups is 1. The quantitative estimate of drug-likeness (QED) is 0.527. The van der Waals surface area contributed by atoms with Gasteiger partial charge < -0.3 is 10.1 Å². The molecule has 1 aromatic carbocycles. The molecule has 0 spiro atoms. The Labute approximate surface area is 132 Å². The predicted octanol–water partition coefficient (Wildman–Crippen LogP) is 5.75. The van der Waals surface area contributed by atoms with Gasteiger partial charge in [-0.3, -0.25) is 0 Å². The van der Waals surface area contributed by atoms with Crippen LogP contribution in [-0.2, 0) is 0 Å². The molecule has 0 atom stereocenters. The van der Waals surface area contributed by atoms with Gasteiger partial charge in [0.05, 0.1) is 19.2 Å². The van der Waals surface area contributed by atoms with Crippen molar-refractivity contribution in [2.75, 3.05) is 0 Å². The molecule has 2 rings (SSSR count).